The van der Waals surface area contributed by atoms with Crippen molar-refractivity contribution in [1.29, 1.82) is 0 Å². The van der Waals surface area contributed by atoms with Crippen LogP contribution >= 0.6 is 0 Å². The quantitative estimate of drug-likeness (QED) is 0.339. The summed E-state index contributed by atoms with van der Waals surface area (Å²) in [5.74, 6) is -0.404. The number of fused-ring (bicyclic) bond motifs is 6. The zero-order chi connectivity index (χ0) is 24.5. The number of nitrogens with zero attached hydrogens (tertiary/aromatic N) is 2. The van der Waals surface area contributed by atoms with Crippen LogP contribution < -0.4 is 10.6 Å². The van der Waals surface area contributed by atoms with E-state index in [2.05, 4.69) is 44.9 Å². The number of ether oxygens (including phenoxy) is 1. The molecule has 0 bridgehead atoms. The number of carbonyl (C=O) groups is 2. The molecule has 2 amide bonds. The lowest BCUT2D eigenvalue weighted by Gasteiger charge is -2.15. The molecular formula is C29H22N4O3. The summed E-state index contributed by atoms with van der Waals surface area (Å²) in [4.78, 5) is 34.0. The van der Waals surface area contributed by atoms with Gasteiger partial charge in [0.05, 0.1) is 16.7 Å². The van der Waals surface area contributed by atoms with Crippen LogP contribution in [0.4, 0.5) is 10.5 Å². The van der Waals surface area contributed by atoms with E-state index in [1.807, 2.05) is 54.6 Å². The normalized spacial score (nSPS) is 12.2. The number of rotatable bonds is 5. The average molecular weight is 475 g/mol. The van der Waals surface area contributed by atoms with Crippen molar-refractivity contribution >= 4 is 39.5 Å². The van der Waals surface area contributed by atoms with E-state index in [-0.39, 0.29) is 25.0 Å². The van der Waals surface area contributed by atoms with Gasteiger partial charge in [-0.05, 0) is 46.5 Å². The second-order valence-corrected chi connectivity index (χ2v) is 8.63. The summed E-state index contributed by atoms with van der Waals surface area (Å²) < 4.78 is 5.52. The van der Waals surface area contributed by atoms with E-state index >= 15 is 0 Å². The smallest absolute Gasteiger partial charge is 0.407 e. The van der Waals surface area contributed by atoms with E-state index in [9.17, 15) is 9.59 Å². The highest BCUT2D eigenvalue weighted by molar-refractivity contribution is 6.12. The number of hydrogen-bond donors (Lipinski definition) is 2. The number of alkyl carbamates (subject to hydrolysis) is 1. The van der Waals surface area contributed by atoms with Gasteiger partial charge in [0.25, 0.3) is 0 Å². The fourth-order valence-electron chi connectivity index (χ4n) is 4.88. The molecule has 0 unspecified atom stereocenters. The Balaban J connectivity index is 1.11. The first-order chi connectivity index (χ1) is 17.7. The number of aromatic nitrogens is 2. The van der Waals surface area contributed by atoms with Crippen molar-refractivity contribution in [3.8, 4) is 11.1 Å². The van der Waals surface area contributed by atoms with Gasteiger partial charge in [-0.25, -0.2) is 4.79 Å². The second-order valence-electron chi connectivity index (χ2n) is 8.63. The van der Waals surface area contributed by atoms with Gasteiger partial charge in [-0.1, -0.05) is 54.6 Å². The summed E-state index contributed by atoms with van der Waals surface area (Å²) in [6, 6.07) is 25.6. The Morgan fingerprint density at radius 2 is 1.47 bits per heavy atom. The largest absolute Gasteiger partial charge is 0.449 e. The Morgan fingerprint density at radius 3 is 2.22 bits per heavy atom. The minimum absolute atomic E-state index is 0.0398. The fraction of sp³-hybridized carbons (Fsp3) is 0.103. The van der Waals surface area contributed by atoms with E-state index < -0.39 is 6.09 Å². The van der Waals surface area contributed by atoms with Gasteiger partial charge in [-0.15, -0.1) is 0 Å². The molecule has 0 fully saturated rings. The molecule has 2 heterocycles. The second kappa shape index (κ2) is 9.11. The molecule has 5 aromatic rings. The molecule has 0 saturated heterocycles. The number of carbonyl (C=O) groups excluding carboxylic acids is 2. The molecule has 1 aliphatic carbocycles. The third-order valence-electron chi connectivity index (χ3n) is 6.47. The first-order valence-corrected chi connectivity index (χ1v) is 11.7. The van der Waals surface area contributed by atoms with Gasteiger partial charge in [0.1, 0.15) is 13.2 Å². The van der Waals surface area contributed by atoms with Gasteiger partial charge < -0.3 is 15.4 Å². The molecule has 6 rings (SSSR count). The van der Waals surface area contributed by atoms with Crippen molar-refractivity contribution in [1.82, 2.24) is 15.3 Å². The SMILES string of the molecule is O=C(CNC(=O)OCC1c2ccccc2-c2ccccc21)Nc1cc2cccnc2c2ncccc12. The predicted molar refractivity (Wildman–Crippen MR) is 139 cm³/mol. The Kier molecular flexibility index (Phi) is 5.50. The number of pyridine rings is 2. The highest BCUT2D eigenvalue weighted by atomic mass is 16.5. The van der Waals surface area contributed by atoms with Crippen molar-refractivity contribution in [3.63, 3.8) is 0 Å². The minimum atomic E-state index is -0.638. The summed E-state index contributed by atoms with van der Waals surface area (Å²) in [6.45, 7) is -0.0288. The summed E-state index contributed by atoms with van der Waals surface area (Å²) in [5.41, 5.74) is 6.67. The Hall–Kier alpha value is -4.78. The number of nitrogens with one attached hydrogen (secondary N) is 2. The Labute approximate surface area is 207 Å². The first-order valence-electron chi connectivity index (χ1n) is 11.7. The maximum Gasteiger partial charge on any atom is 0.407 e. The molecule has 2 aromatic heterocycles. The summed E-state index contributed by atoms with van der Waals surface area (Å²) in [6.07, 6.45) is 2.77. The lowest BCUT2D eigenvalue weighted by atomic mass is 9.98. The van der Waals surface area contributed by atoms with Crippen molar-refractivity contribution in [2.45, 2.75) is 5.92 Å². The van der Waals surface area contributed by atoms with Crippen LogP contribution in [-0.2, 0) is 9.53 Å². The summed E-state index contributed by atoms with van der Waals surface area (Å²) in [5, 5.41) is 7.08. The highest BCUT2D eigenvalue weighted by Crippen LogP contribution is 2.44. The molecule has 7 nitrogen and oxygen atoms in total. The molecule has 36 heavy (non-hydrogen) atoms. The molecule has 7 heteroatoms. The van der Waals surface area contributed by atoms with Gasteiger partial charge in [-0.3, -0.25) is 14.8 Å². The van der Waals surface area contributed by atoms with Gasteiger partial charge in [-0.2, -0.15) is 0 Å². The number of amides is 2. The topological polar surface area (TPSA) is 93.2 Å². The predicted octanol–water partition coefficient (Wildman–Crippen LogP) is 5.26. The zero-order valence-electron chi connectivity index (χ0n) is 19.3. The average Bonchev–Trinajstić information content (AvgIpc) is 3.24. The molecule has 3 aromatic carbocycles. The van der Waals surface area contributed by atoms with Crippen LogP contribution in [0.15, 0.2) is 91.3 Å². The zero-order valence-corrected chi connectivity index (χ0v) is 19.3. The van der Waals surface area contributed by atoms with Crippen molar-refractivity contribution in [3.05, 3.63) is 102 Å². The molecule has 0 spiro atoms. The van der Waals surface area contributed by atoms with Gasteiger partial charge in [0, 0.05) is 29.1 Å². The third kappa shape index (κ3) is 3.90. The molecular weight excluding hydrogens is 452 g/mol. The van der Waals surface area contributed by atoms with Crippen LogP contribution in [0.5, 0.6) is 0 Å². The number of anilines is 1. The minimum Gasteiger partial charge on any atom is -0.449 e. The van der Waals surface area contributed by atoms with Crippen molar-refractivity contribution < 1.29 is 14.3 Å². The molecule has 0 saturated carbocycles. The van der Waals surface area contributed by atoms with Crippen LogP contribution in [0.25, 0.3) is 32.9 Å². The summed E-state index contributed by atoms with van der Waals surface area (Å²) >= 11 is 0. The summed E-state index contributed by atoms with van der Waals surface area (Å²) in [7, 11) is 0. The number of hydrogen-bond acceptors (Lipinski definition) is 5. The van der Waals surface area contributed by atoms with Gasteiger partial charge in [0.2, 0.25) is 5.91 Å². The monoisotopic (exact) mass is 474 g/mol. The number of benzene rings is 3. The van der Waals surface area contributed by atoms with E-state index in [1.165, 1.54) is 0 Å². The maximum atomic E-state index is 12.7. The standard InChI is InChI=1S/C29H22N4O3/c34-26(33-25-15-18-7-5-13-30-27(18)28-23(25)12-6-14-31-28)16-32-29(35)36-17-24-21-10-3-1-8-19(21)20-9-2-4-11-22(20)24/h1-15,24H,16-17H2,(H,32,35)(H,33,34). The van der Waals surface area contributed by atoms with Crippen LogP contribution in [0.2, 0.25) is 0 Å². The Bertz CT molecular complexity index is 1590. The van der Waals surface area contributed by atoms with Crippen LogP contribution in [0.1, 0.15) is 17.0 Å². The van der Waals surface area contributed by atoms with E-state index in [0.717, 1.165) is 38.5 Å². The lowest BCUT2D eigenvalue weighted by Crippen LogP contribution is -2.34. The van der Waals surface area contributed by atoms with Crippen LogP contribution in [0.3, 0.4) is 0 Å². The van der Waals surface area contributed by atoms with E-state index in [4.69, 9.17) is 4.74 Å². The van der Waals surface area contributed by atoms with Crippen molar-refractivity contribution in [2.24, 2.45) is 0 Å². The highest BCUT2D eigenvalue weighted by Gasteiger charge is 2.29. The van der Waals surface area contributed by atoms with E-state index in [0.29, 0.717) is 11.2 Å². The van der Waals surface area contributed by atoms with Crippen LogP contribution in [-0.4, -0.2) is 35.1 Å². The molecule has 0 radical (unpaired) electrons. The molecule has 176 valence electrons. The van der Waals surface area contributed by atoms with Crippen molar-refractivity contribution in [2.75, 3.05) is 18.5 Å². The lowest BCUT2D eigenvalue weighted by molar-refractivity contribution is -0.115. The van der Waals surface area contributed by atoms with Crippen LogP contribution in [0, 0.1) is 0 Å². The maximum absolute atomic E-state index is 12.7. The van der Waals surface area contributed by atoms with Gasteiger partial charge >= 0.3 is 6.09 Å². The molecule has 0 aliphatic heterocycles. The Morgan fingerprint density at radius 1 is 0.806 bits per heavy atom. The first kappa shape index (κ1) is 21.7. The molecule has 2 N–H and O–H groups in total. The molecule has 1 aliphatic rings. The van der Waals surface area contributed by atoms with Gasteiger partial charge in [0.15, 0.2) is 0 Å². The molecule has 0 atom stereocenters. The third-order valence-corrected chi connectivity index (χ3v) is 6.47. The fourth-order valence-corrected chi connectivity index (χ4v) is 4.88. The van der Waals surface area contributed by atoms with E-state index in [1.54, 1.807) is 12.4 Å².